The van der Waals surface area contributed by atoms with Gasteiger partial charge in [-0.3, -0.25) is 0 Å². The number of benzene rings is 3. The van der Waals surface area contributed by atoms with E-state index in [4.69, 9.17) is 18.9 Å². The summed E-state index contributed by atoms with van der Waals surface area (Å²) in [5, 5.41) is 0. The topological polar surface area (TPSA) is 57.2 Å². The Hall–Kier alpha value is -3.93. The number of carbonyl (C=O) groups is 1. The number of hydrogen-bond donors (Lipinski definition) is 0. The van der Waals surface area contributed by atoms with E-state index in [0.29, 0.717) is 5.75 Å². The van der Waals surface area contributed by atoms with Crippen LogP contribution in [0.3, 0.4) is 0 Å². The predicted octanol–water partition coefficient (Wildman–Crippen LogP) is 5.28. The molecule has 0 N–H and O–H groups in total. The van der Waals surface area contributed by atoms with Gasteiger partial charge in [-0.15, -0.1) is 0 Å². The maximum atomic E-state index is 11.1. The van der Waals surface area contributed by atoms with Crippen molar-refractivity contribution >= 4 is 23.0 Å². The second-order valence-electron chi connectivity index (χ2n) is 6.45. The summed E-state index contributed by atoms with van der Waals surface area (Å²) < 4.78 is 21.1. The maximum Gasteiger partial charge on any atom is 0.330 e. The van der Waals surface area contributed by atoms with Crippen LogP contribution in [0.25, 0.3) is 0 Å². The average Bonchev–Trinajstić information content (AvgIpc) is 2.83. The minimum atomic E-state index is -0.464. The Morgan fingerprint density at radius 2 is 1.16 bits per heavy atom. The number of nitrogens with zero attached hydrogens (tertiary/aromatic N) is 1. The van der Waals surface area contributed by atoms with Gasteiger partial charge in [-0.1, -0.05) is 6.58 Å². The molecule has 0 saturated heterocycles. The molecular weight excluding hydrogens is 394 g/mol. The fourth-order valence-corrected chi connectivity index (χ4v) is 2.96. The highest BCUT2D eigenvalue weighted by molar-refractivity contribution is 5.81. The monoisotopic (exact) mass is 419 g/mol. The van der Waals surface area contributed by atoms with Gasteiger partial charge < -0.3 is 23.8 Å². The molecule has 0 radical (unpaired) electrons. The van der Waals surface area contributed by atoms with Gasteiger partial charge in [-0.25, -0.2) is 4.79 Å². The number of anilines is 3. The molecule has 0 atom stereocenters. The molecular formula is C25H25NO5. The Morgan fingerprint density at radius 3 is 1.55 bits per heavy atom. The first kappa shape index (κ1) is 21.8. The number of ether oxygens (including phenoxy) is 4. The van der Waals surface area contributed by atoms with Crippen LogP contribution >= 0.6 is 0 Å². The minimum Gasteiger partial charge on any atom is -0.497 e. The molecule has 0 aliphatic heterocycles. The predicted molar refractivity (Wildman–Crippen MR) is 121 cm³/mol. The molecule has 160 valence electrons. The molecule has 31 heavy (non-hydrogen) atoms. The van der Waals surface area contributed by atoms with Crippen LogP contribution in [0.5, 0.6) is 17.2 Å². The Kier molecular flexibility index (Phi) is 7.54. The van der Waals surface area contributed by atoms with Gasteiger partial charge in [0.25, 0.3) is 0 Å². The summed E-state index contributed by atoms with van der Waals surface area (Å²) in [4.78, 5) is 13.2. The van der Waals surface area contributed by atoms with Gasteiger partial charge in [0, 0.05) is 23.1 Å². The zero-order valence-electron chi connectivity index (χ0n) is 17.6. The van der Waals surface area contributed by atoms with E-state index in [-0.39, 0.29) is 13.2 Å². The normalized spacial score (nSPS) is 10.1. The minimum absolute atomic E-state index is 0.163. The van der Waals surface area contributed by atoms with E-state index in [0.717, 1.165) is 34.6 Å². The zero-order chi connectivity index (χ0) is 22.1. The smallest absolute Gasteiger partial charge is 0.330 e. The van der Waals surface area contributed by atoms with E-state index in [2.05, 4.69) is 11.5 Å². The van der Waals surface area contributed by atoms with Crippen molar-refractivity contribution in [1.29, 1.82) is 0 Å². The lowest BCUT2D eigenvalue weighted by Crippen LogP contribution is -2.11. The number of carbonyl (C=O) groups excluding carboxylic acids is 1. The first-order valence-electron chi connectivity index (χ1n) is 9.75. The second-order valence-corrected chi connectivity index (χ2v) is 6.45. The SMILES string of the molecule is C=CC(=O)OCCOc1ccc(N(c2ccc(OC)cc2)c2ccc(OC)cc2)cc1. The lowest BCUT2D eigenvalue weighted by Gasteiger charge is -2.26. The van der Waals surface area contributed by atoms with Gasteiger partial charge in [0.1, 0.15) is 30.5 Å². The zero-order valence-corrected chi connectivity index (χ0v) is 17.6. The van der Waals surface area contributed by atoms with Crippen LogP contribution in [0, 0.1) is 0 Å². The molecule has 0 aliphatic carbocycles. The number of methoxy groups -OCH3 is 2. The lowest BCUT2D eigenvalue weighted by atomic mass is 10.2. The molecule has 0 spiro atoms. The summed E-state index contributed by atoms with van der Waals surface area (Å²) in [6, 6.07) is 23.4. The highest BCUT2D eigenvalue weighted by Gasteiger charge is 2.13. The molecule has 6 heteroatoms. The highest BCUT2D eigenvalue weighted by Crippen LogP contribution is 2.36. The standard InChI is InChI=1S/C25H25NO5/c1-4-25(27)31-18-17-30-24-15-9-21(10-16-24)26(19-5-11-22(28-2)12-6-19)20-7-13-23(29-3)14-8-20/h4-16H,1,17-18H2,2-3H3. The summed E-state index contributed by atoms with van der Waals surface area (Å²) in [5.74, 6) is 1.80. The van der Waals surface area contributed by atoms with Gasteiger partial charge >= 0.3 is 5.97 Å². The molecule has 0 aliphatic rings. The van der Waals surface area contributed by atoms with Gasteiger partial charge in [0.05, 0.1) is 14.2 Å². The molecule has 3 aromatic rings. The van der Waals surface area contributed by atoms with E-state index in [1.54, 1.807) is 14.2 Å². The van der Waals surface area contributed by atoms with Crippen LogP contribution in [0.15, 0.2) is 85.5 Å². The quantitative estimate of drug-likeness (QED) is 0.253. The molecule has 0 aromatic heterocycles. The number of esters is 1. The maximum absolute atomic E-state index is 11.1. The van der Waals surface area contributed by atoms with Crippen molar-refractivity contribution in [2.75, 3.05) is 32.3 Å². The molecule has 0 unspecified atom stereocenters. The molecule has 3 aromatic carbocycles. The Morgan fingerprint density at radius 1 is 0.742 bits per heavy atom. The summed E-state index contributed by atoms with van der Waals surface area (Å²) in [7, 11) is 3.29. The number of rotatable bonds is 10. The molecule has 3 rings (SSSR count). The lowest BCUT2D eigenvalue weighted by molar-refractivity contribution is -0.138. The van der Waals surface area contributed by atoms with Crippen LogP contribution in [-0.4, -0.2) is 33.4 Å². The van der Waals surface area contributed by atoms with Crippen molar-refractivity contribution in [3.05, 3.63) is 85.5 Å². The van der Waals surface area contributed by atoms with Crippen LogP contribution in [0.4, 0.5) is 17.1 Å². The van der Waals surface area contributed by atoms with Crippen LogP contribution in [0.2, 0.25) is 0 Å². The third-order valence-electron chi connectivity index (χ3n) is 4.52. The number of hydrogen-bond acceptors (Lipinski definition) is 6. The van der Waals surface area contributed by atoms with Crippen LogP contribution < -0.4 is 19.1 Å². The summed E-state index contributed by atoms with van der Waals surface area (Å²) in [5.41, 5.74) is 2.92. The first-order valence-corrected chi connectivity index (χ1v) is 9.75. The van der Waals surface area contributed by atoms with Gasteiger partial charge in [-0.05, 0) is 72.8 Å². The van der Waals surface area contributed by atoms with Crippen molar-refractivity contribution in [1.82, 2.24) is 0 Å². The average molecular weight is 419 g/mol. The van der Waals surface area contributed by atoms with Gasteiger partial charge in [0.15, 0.2) is 0 Å². The fraction of sp³-hybridized carbons (Fsp3) is 0.160. The largest absolute Gasteiger partial charge is 0.497 e. The van der Waals surface area contributed by atoms with Crippen LogP contribution in [-0.2, 0) is 9.53 Å². The van der Waals surface area contributed by atoms with Crippen LogP contribution in [0.1, 0.15) is 0 Å². The summed E-state index contributed by atoms with van der Waals surface area (Å²) in [6.07, 6.45) is 1.13. The van der Waals surface area contributed by atoms with Crippen molar-refractivity contribution in [2.24, 2.45) is 0 Å². The summed E-state index contributed by atoms with van der Waals surface area (Å²) in [6.45, 7) is 3.79. The van der Waals surface area contributed by atoms with E-state index < -0.39 is 5.97 Å². The Balaban J connectivity index is 1.81. The third kappa shape index (κ3) is 5.79. The van der Waals surface area contributed by atoms with E-state index in [1.165, 1.54) is 0 Å². The molecule has 0 saturated carbocycles. The van der Waals surface area contributed by atoms with E-state index in [9.17, 15) is 4.79 Å². The van der Waals surface area contributed by atoms with Crippen molar-refractivity contribution in [3.8, 4) is 17.2 Å². The molecule has 0 bridgehead atoms. The van der Waals surface area contributed by atoms with E-state index in [1.807, 2.05) is 72.8 Å². The van der Waals surface area contributed by atoms with Crippen molar-refractivity contribution in [2.45, 2.75) is 0 Å². The third-order valence-corrected chi connectivity index (χ3v) is 4.52. The Labute approximate surface area is 182 Å². The van der Waals surface area contributed by atoms with Crippen molar-refractivity contribution < 1.29 is 23.7 Å². The molecule has 6 nitrogen and oxygen atoms in total. The molecule has 0 amide bonds. The molecule has 0 heterocycles. The summed E-state index contributed by atoms with van der Waals surface area (Å²) >= 11 is 0. The van der Waals surface area contributed by atoms with Gasteiger partial charge in [0.2, 0.25) is 0 Å². The highest BCUT2D eigenvalue weighted by atomic mass is 16.6. The molecule has 0 fully saturated rings. The van der Waals surface area contributed by atoms with E-state index >= 15 is 0 Å². The fourth-order valence-electron chi connectivity index (χ4n) is 2.96. The van der Waals surface area contributed by atoms with Crippen molar-refractivity contribution in [3.63, 3.8) is 0 Å². The first-order chi connectivity index (χ1) is 15.1. The second kappa shape index (κ2) is 10.7. The Bertz CT molecular complexity index is 934. The van der Waals surface area contributed by atoms with Gasteiger partial charge in [-0.2, -0.15) is 0 Å².